The zero-order chi connectivity index (χ0) is 24.8. The first-order chi connectivity index (χ1) is 15.3. The summed E-state index contributed by atoms with van der Waals surface area (Å²) in [6.07, 6.45) is 0. The fourth-order valence-electron chi connectivity index (χ4n) is 2.70. The Morgan fingerprint density at radius 1 is 0.469 bits per heavy atom. The standard InChI is InChI=1S/C21H7BN10/c1-13(3-23)19(11-31)22(20(12-32)14(2)4-24)21(17(9-29)15(5-25)6-26)18(10-30)16(7-27)8-28/h21H,1-2H3. The summed E-state index contributed by atoms with van der Waals surface area (Å²) < 4.78 is 0. The summed E-state index contributed by atoms with van der Waals surface area (Å²) in [5.74, 6) is -1.83. The molecule has 11 heteroatoms. The van der Waals surface area contributed by atoms with Crippen molar-refractivity contribution in [2.24, 2.45) is 0 Å². The molecule has 0 fully saturated rings. The largest absolute Gasteiger partial charge is 0.252 e. The zero-order valence-corrected chi connectivity index (χ0v) is 16.6. The van der Waals surface area contributed by atoms with Gasteiger partial charge in [0.2, 0.25) is 0 Å². The maximum Gasteiger partial charge on any atom is 0.252 e. The van der Waals surface area contributed by atoms with Gasteiger partial charge in [0.25, 0.3) is 6.71 Å². The molecular formula is C21H7BN10. The number of hydrogen-bond acceptors (Lipinski definition) is 10. The van der Waals surface area contributed by atoms with Crippen LogP contribution in [0.1, 0.15) is 13.8 Å². The van der Waals surface area contributed by atoms with Gasteiger partial charge in [0.1, 0.15) is 35.4 Å². The number of nitrogens with zero attached hydrogens (tertiary/aromatic N) is 10. The number of hydrogen-bond donors (Lipinski definition) is 0. The Hall–Kier alpha value is -6.08. The Labute approximate surface area is 184 Å². The number of nitriles is 10. The number of allylic oxidation sites excluding steroid dienone is 8. The van der Waals surface area contributed by atoms with Crippen molar-refractivity contribution in [3.63, 3.8) is 0 Å². The molecule has 0 aliphatic carbocycles. The average Bonchev–Trinajstić information content (AvgIpc) is 2.82. The van der Waals surface area contributed by atoms with Gasteiger partial charge in [0, 0.05) is 27.9 Å². The van der Waals surface area contributed by atoms with Crippen LogP contribution in [0.5, 0.6) is 0 Å². The van der Waals surface area contributed by atoms with E-state index in [1.165, 1.54) is 38.1 Å². The third kappa shape index (κ3) is 5.04. The van der Waals surface area contributed by atoms with Gasteiger partial charge in [-0.05, 0) is 13.8 Å². The molecule has 10 nitrogen and oxygen atoms in total. The van der Waals surface area contributed by atoms with E-state index in [4.69, 9.17) is 0 Å². The molecule has 144 valence electrons. The molecule has 32 heavy (non-hydrogen) atoms. The van der Waals surface area contributed by atoms with E-state index in [1.807, 2.05) is 0 Å². The molecule has 0 heterocycles. The van der Waals surface area contributed by atoms with Crippen molar-refractivity contribution >= 4 is 6.71 Å². The molecule has 0 amide bonds. The van der Waals surface area contributed by atoms with E-state index in [1.54, 1.807) is 36.4 Å². The van der Waals surface area contributed by atoms with E-state index in [0.717, 1.165) is 0 Å². The monoisotopic (exact) mass is 410 g/mol. The summed E-state index contributed by atoms with van der Waals surface area (Å²) in [4.78, 5) is 0. The first-order valence-corrected chi connectivity index (χ1v) is 8.22. The zero-order valence-electron chi connectivity index (χ0n) is 16.6. The Morgan fingerprint density at radius 2 is 0.781 bits per heavy atom. The summed E-state index contributed by atoms with van der Waals surface area (Å²) in [6.45, 7) is 0.716. The molecular weight excluding hydrogens is 403 g/mol. The maximum absolute atomic E-state index is 9.73. The molecule has 0 atom stereocenters. The van der Waals surface area contributed by atoms with E-state index in [9.17, 15) is 52.6 Å². The van der Waals surface area contributed by atoms with Gasteiger partial charge in [-0.15, -0.1) is 0 Å². The highest BCUT2D eigenvalue weighted by Crippen LogP contribution is 2.40. The van der Waals surface area contributed by atoms with E-state index < -0.39 is 45.8 Å². The quantitative estimate of drug-likeness (QED) is 0.473. The Balaban J connectivity index is 8.42. The van der Waals surface area contributed by atoms with Gasteiger partial charge in [-0.1, -0.05) is 0 Å². The van der Waals surface area contributed by atoms with Crippen LogP contribution in [0.4, 0.5) is 0 Å². The predicted octanol–water partition coefficient (Wildman–Crippen LogP) is 2.39. The maximum atomic E-state index is 9.73. The van der Waals surface area contributed by atoms with Crippen molar-refractivity contribution in [1.82, 2.24) is 0 Å². The highest BCUT2D eigenvalue weighted by atomic mass is 14.4. The second-order valence-corrected chi connectivity index (χ2v) is 5.73. The molecule has 0 aromatic carbocycles. The smallest absolute Gasteiger partial charge is 0.194 e. The minimum Gasteiger partial charge on any atom is -0.194 e. The van der Waals surface area contributed by atoms with Crippen molar-refractivity contribution in [1.29, 1.82) is 52.6 Å². The van der Waals surface area contributed by atoms with Crippen LogP contribution >= 0.6 is 0 Å². The summed E-state index contributed by atoms with van der Waals surface area (Å²) in [6, 6.07) is 15.8. The highest BCUT2D eigenvalue weighted by molar-refractivity contribution is 6.79. The Kier molecular flexibility index (Phi) is 10.0. The second kappa shape index (κ2) is 12.4. The SMILES string of the molecule is CC(C#N)=C(C#N)B(C(C#N)=C(C)C#N)C(C(C#N)=C(C#N)C#N)C(C#N)=C(C#N)C#N. The Bertz CT molecular complexity index is 1260. The molecule has 0 aliphatic rings. The lowest BCUT2D eigenvalue weighted by Crippen LogP contribution is -2.31. The first kappa shape index (κ1) is 25.9. The van der Waals surface area contributed by atoms with Crippen LogP contribution in [0, 0.1) is 113 Å². The Morgan fingerprint density at radius 3 is 0.969 bits per heavy atom. The van der Waals surface area contributed by atoms with E-state index in [-0.39, 0.29) is 11.1 Å². The molecule has 0 saturated heterocycles. The van der Waals surface area contributed by atoms with Gasteiger partial charge >= 0.3 is 0 Å². The summed E-state index contributed by atoms with van der Waals surface area (Å²) in [5, 5.41) is 94.7. The lowest BCUT2D eigenvalue weighted by molar-refractivity contribution is 1.13. The molecule has 0 bridgehead atoms. The van der Waals surface area contributed by atoms with Crippen LogP contribution in [-0.4, -0.2) is 6.71 Å². The molecule has 0 N–H and O–H groups in total. The molecule has 0 radical (unpaired) electrons. The van der Waals surface area contributed by atoms with E-state index in [2.05, 4.69) is 0 Å². The first-order valence-electron chi connectivity index (χ1n) is 8.22. The third-order valence-corrected chi connectivity index (χ3v) is 4.19. The van der Waals surface area contributed by atoms with Crippen molar-refractivity contribution < 1.29 is 0 Å². The van der Waals surface area contributed by atoms with Crippen LogP contribution in [0.25, 0.3) is 0 Å². The fourth-order valence-corrected chi connectivity index (χ4v) is 2.70. The van der Waals surface area contributed by atoms with Crippen LogP contribution < -0.4 is 0 Å². The van der Waals surface area contributed by atoms with Crippen LogP contribution in [-0.2, 0) is 0 Å². The van der Waals surface area contributed by atoms with E-state index >= 15 is 0 Å². The second-order valence-electron chi connectivity index (χ2n) is 5.73. The van der Waals surface area contributed by atoms with Gasteiger partial charge < -0.3 is 0 Å². The number of rotatable bonds is 5. The summed E-state index contributed by atoms with van der Waals surface area (Å²) in [7, 11) is 0. The van der Waals surface area contributed by atoms with Crippen molar-refractivity contribution in [2.45, 2.75) is 19.7 Å². The van der Waals surface area contributed by atoms with Gasteiger partial charge in [-0.25, -0.2) is 0 Å². The molecule has 0 spiro atoms. The molecule has 0 rings (SSSR count). The van der Waals surface area contributed by atoms with Crippen LogP contribution in [0.15, 0.2) is 44.4 Å². The van der Waals surface area contributed by atoms with E-state index in [0.29, 0.717) is 0 Å². The lowest BCUT2D eigenvalue weighted by Gasteiger charge is -2.24. The van der Waals surface area contributed by atoms with Crippen LogP contribution in [0.2, 0.25) is 5.82 Å². The van der Waals surface area contributed by atoms with Crippen molar-refractivity contribution in [3.8, 4) is 60.7 Å². The normalized spacial score (nSPS) is 9.91. The lowest BCUT2D eigenvalue weighted by atomic mass is 9.29. The molecule has 0 unspecified atom stereocenters. The topological polar surface area (TPSA) is 238 Å². The molecule has 0 aromatic rings. The molecule has 0 aliphatic heterocycles. The molecule has 0 aromatic heterocycles. The average molecular weight is 410 g/mol. The molecule has 0 saturated carbocycles. The minimum absolute atomic E-state index is 0.249. The van der Waals surface area contributed by atoms with Gasteiger partial charge in [0.05, 0.1) is 47.6 Å². The highest BCUT2D eigenvalue weighted by Gasteiger charge is 2.43. The van der Waals surface area contributed by atoms with Gasteiger partial charge in [0.15, 0.2) is 0 Å². The van der Waals surface area contributed by atoms with Gasteiger partial charge in [-0.2, -0.15) is 52.6 Å². The van der Waals surface area contributed by atoms with Crippen molar-refractivity contribution in [2.75, 3.05) is 0 Å². The van der Waals surface area contributed by atoms with Crippen LogP contribution in [0.3, 0.4) is 0 Å². The predicted molar refractivity (Wildman–Crippen MR) is 105 cm³/mol. The minimum atomic E-state index is -1.83. The third-order valence-electron chi connectivity index (χ3n) is 4.19. The summed E-state index contributed by atoms with van der Waals surface area (Å²) >= 11 is 0. The summed E-state index contributed by atoms with van der Waals surface area (Å²) in [5.41, 5.74) is -4.42. The fraction of sp³-hybridized carbons (Fsp3) is 0.143. The van der Waals surface area contributed by atoms with Gasteiger partial charge in [-0.3, -0.25) is 0 Å². The van der Waals surface area contributed by atoms with Crippen molar-refractivity contribution in [3.05, 3.63) is 44.4 Å².